The molecule has 1 saturated heterocycles. The second-order valence-corrected chi connectivity index (χ2v) is 4.01. The van der Waals surface area contributed by atoms with Crippen LogP contribution in [-0.4, -0.2) is 74.6 Å². The van der Waals surface area contributed by atoms with E-state index in [0.29, 0.717) is 13.1 Å². The van der Waals surface area contributed by atoms with Crippen LogP contribution in [0.2, 0.25) is 0 Å². The second kappa shape index (κ2) is 7.24. The highest BCUT2D eigenvalue weighted by molar-refractivity contribution is 5.83. The van der Waals surface area contributed by atoms with E-state index in [-0.39, 0.29) is 18.4 Å². The zero-order valence-corrected chi connectivity index (χ0v) is 10.6. The number of piperazine rings is 1. The monoisotopic (exact) mass is 243 g/mol. The van der Waals surface area contributed by atoms with Crippen molar-refractivity contribution in [3.63, 3.8) is 0 Å². The van der Waals surface area contributed by atoms with Crippen molar-refractivity contribution in [1.29, 1.82) is 0 Å². The number of esters is 1. The summed E-state index contributed by atoms with van der Waals surface area (Å²) in [5, 5.41) is 3.23. The summed E-state index contributed by atoms with van der Waals surface area (Å²) in [5.74, 6) is -0.389. The van der Waals surface area contributed by atoms with Crippen LogP contribution in [0.25, 0.3) is 0 Å². The first-order valence-corrected chi connectivity index (χ1v) is 5.95. The van der Waals surface area contributed by atoms with Crippen LogP contribution >= 0.6 is 0 Å². The molecule has 1 fully saturated rings. The smallest absolute Gasteiger partial charge is 0.325 e. The third-order valence-corrected chi connectivity index (χ3v) is 2.85. The topological polar surface area (TPSA) is 61.9 Å². The number of nitrogens with one attached hydrogen (secondary N) is 1. The summed E-state index contributed by atoms with van der Waals surface area (Å²) in [6.07, 6.45) is 0. The van der Waals surface area contributed by atoms with Crippen molar-refractivity contribution in [1.82, 2.24) is 15.1 Å². The van der Waals surface area contributed by atoms with Crippen LogP contribution in [-0.2, 0) is 14.3 Å². The standard InChI is InChI=1S/C11H21N3O3/c1-3-14(9-11(16)17-2)10(15)8-13-6-4-12-5-7-13/h12H,3-9H2,1-2H3. The van der Waals surface area contributed by atoms with Gasteiger partial charge in [0.05, 0.1) is 13.7 Å². The Morgan fingerprint density at radius 3 is 2.53 bits per heavy atom. The van der Waals surface area contributed by atoms with Gasteiger partial charge in [-0.15, -0.1) is 0 Å². The van der Waals surface area contributed by atoms with Gasteiger partial charge >= 0.3 is 5.97 Å². The molecule has 1 heterocycles. The molecule has 1 rings (SSSR count). The number of hydrogen-bond acceptors (Lipinski definition) is 5. The number of carbonyl (C=O) groups excluding carboxylic acids is 2. The third-order valence-electron chi connectivity index (χ3n) is 2.85. The van der Waals surface area contributed by atoms with Gasteiger partial charge in [0.2, 0.25) is 5.91 Å². The van der Waals surface area contributed by atoms with Crippen molar-refractivity contribution in [3.05, 3.63) is 0 Å². The van der Waals surface area contributed by atoms with Crippen molar-refractivity contribution in [2.24, 2.45) is 0 Å². The van der Waals surface area contributed by atoms with Crippen molar-refractivity contribution in [2.45, 2.75) is 6.92 Å². The summed E-state index contributed by atoms with van der Waals surface area (Å²) >= 11 is 0. The number of nitrogens with zero attached hydrogens (tertiary/aromatic N) is 2. The molecule has 6 heteroatoms. The van der Waals surface area contributed by atoms with E-state index in [4.69, 9.17) is 0 Å². The molecule has 1 aliphatic rings. The maximum atomic E-state index is 11.9. The van der Waals surface area contributed by atoms with Gasteiger partial charge < -0.3 is 15.0 Å². The molecule has 0 aromatic rings. The molecule has 98 valence electrons. The van der Waals surface area contributed by atoms with E-state index in [2.05, 4.69) is 15.0 Å². The highest BCUT2D eigenvalue weighted by atomic mass is 16.5. The molecule has 0 atom stereocenters. The van der Waals surface area contributed by atoms with Crippen LogP contribution in [0, 0.1) is 0 Å². The van der Waals surface area contributed by atoms with Crippen LogP contribution in [0.4, 0.5) is 0 Å². The molecular formula is C11H21N3O3. The minimum atomic E-state index is -0.375. The van der Waals surface area contributed by atoms with Gasteiger partial charge in [-0.25, -0.2) is 0 Å². The maximum Gasteiger partial charge on any atom is 0.325 e. The number of likely N-dealkylation sites (N-methyl/N-ethyl adjacent to an activating group) is 1. The quantitative estimate of drug-likeness (QED) is 0.622. The lowest BCUT2D eigenvalue weighted by molar-refractivity contribution is -0.147. The highest BCUT2D eigenvalue weighted by Gasteiger charge is 2.19. The first-order chi connectivity index (χ1) is 8.17. The lowest BCUT2D eigenvalue weighted by Crippen LogP contribution is -2.49. The molecule has 0 unspecified atom stereocenters. The van der Waals surface area contributed by atoms with Gasteiger partial charge in [0.25, 0.3) is 0 Å². The Morgan fingerprint density at radius 1 is 1.35 bits per heavy atom. The summed E-state index contributed by atoms with van der Waals surface area (Å²) in [6, 6.07) is 0. The molecule has 17 heavy (non-hydrogen) atoms. The first kappa shape index (κ1) is 13.9. The Morgan fingerprint density at radius 2 is 2.00 bits per heavy atom. The van der Waals surface area contributed by atoms with Crippen molar-refractivity contribution >= 4 is 11.9 Å². The fourth-order valence-corrected chi connectivity index (χ4v) is 1.76. The van der Waals surface area contributed by atoms with Crippen LogP contribution < -0.4 is 5.32 Å². The minimum Gasteiger partial charge on any atom is -0.468 e. The molecule has 0 aliphatic carbocycles. The number of ether oxygens (including phenoxy) is 1. The first-order valence-electron chi connectivity index (χ1n) is 5.95. The van der Waals surface area contributed by atoms with Gasteiger partial charge in [0.1, 0.15) is 6.54 Å². The predicted molar refractivity (Wildman–Crippen MR) is 63.6 cm³/mol. The molecule has 0 radical (unpaired) electrons. The average molecular weight is 243 g/mol. The maximum absolute atomic E-state index is 11.9. The predicted octanol–water partition coefficient (Wildman–Crippen LogP) is -1.09. The number of hydrogen-bond donors (Lipinski definition) is 1. The van der Waals surface area contributed by atoms with Gasteiger partial charge in [-0.1, -0.05) is 0 Å². The summed E-state index contributed by atoms with van der Waals surface area (Å²) < 4.78 is 4.57. The lowest BCUT2D eigenvalue weighted by Gasteiger charge is -2.29. The number of methoxy groups -OCH3 is 1. The highest BCUT2D eigenvalue weighted by Crippen LogP contribution is 1.97. The van der Waals surface area contributed by atoms with Crippen LogP contribution in [0.3, 0.4) is 0 Å². The van der Waals surface area contributed by atoms with Crippen LogP contribution in [0.5, 0.6) is 0 Å². The second-order valence-electron chi connectivity index (χ2n) is 4.01. The minimum absolute atomic E-state index is 0.0141. The van der Waals surface area contributed by atoms with Crippen molar-refractivity contribution < 1.29 is 14.3 Å². The number of amides is 1. The molecule has 0 aromatic heterocycles. The van der Waals surface area contributed by atoms with E-state index in [9.17, 15) is 9.59 Å². The summed E-state index contributed by atoms with van der Waals surface area (Å²) in [7, 11) is 1.33. The molecule has 1 N–H and O–H groups in total. The molecule has 0 bridgehead atoms. The van der Waals surface area contributed by atoms with Crippen molar-refractivity contribution in [3.8, 4) is 0 Å². The van der Waals surface area contributed by atoms with E-state index in [1.54, 1.807) is 0 Å². The Balaban J connectivity index is 2.39. The Labute approximate surface area is 102 Å². The molecule has 6 nitrogen and oxygen atoms in total. The summed E-state index contributed by atoms with van der Waals surface area (Å²) in [4.78, 5) is 26.7. The molecule has 1 aliphatic heterocycles. The van der Waals surface area contributed by atoms with Gasteiger partial charge in [-0.3, -0.25) is 14.5 Å². The third kappa shape index (κ3) is 4.70. The zero-order valence-electron chi connectivity index (χ0n) is 10.6. The molecular weight excluding hydrogens is 222 g/mol. The molecule has 0 saturated carbocycles. The summed E-state index contributed by atoms with van der Waals surface area (Å²) in [5.41, 5.74) is 0. The van der Waals surface area contributed by atoms with Gasteiger partial charge in [0, 0.05) is 32.7 Å². The fourth-order valence-electron chi connectivity index (χ4n) is 1.76. The van der Waals surface area contributed by atoms with Crippen LogP contribution in [0.1, 0.15) is 6.92 Å². The van der Waals surface area contributed by atoms with E-state index in [0.717, 1.165) is 26.2 Å². The van der Waals surface area contributed by atoms with E-state index in [1.807, 2.05) is 6.92 Å². The average Bonchev–Trinajstić information content (AvgIpc) is 2.36. The Hall–Kier alpha value is -1.14. The van der Waals surface area contributed by atoms with Gasteiger partial charge in [-0.2, -0.15) is 0 Å². The van der Waals surface area contributed by atoms with Gasteiger partial charge in [0.15, 0.2) is 0 Å². The lowest BCUT2D eigenvalue weighted by atomic mass is 10.3. The largest absolute Gasteiger partial charge is 0.468 e. The summed E-state index contributed by atoms with van der Waals surface area (Å²) in [6.45, 7) is 6.39. The molecule has 0 spiro atoms. The van der Waals surface area contributed by atoms with E-state index >= 15 is 0 Å². The zero-order chi connectivity index (χ0) is 12.7. The Bertz CT molecular complexity index is 265. The Kier molecular flexibility index (Phi) is 5.93. The van der Waals surface area contributed by atoms with E-state index < -0.39 is 0 Å². The van der Waals surface area contributed by atoms with Crippen molar-refractivity contribution in [2.75, 3.05) is 52.9 Å². The SMILES string of the molecule is CCN(CC(=O)OC)C(=O)CN1CCNCC1. The molecule has 0 aromatic carbocycles. The normalized spacial score (nSPS) is 16.6. The number of carbonyl (C=O) groups is 2. The molecule has 1 amide bonds. The van der Waals surface area contributed by atoms with Crippen LogP contribution in [0.15, 0.2) is 0 Å². The fraction of sp³-hybridized carbons (Fsp3) is 0.818. The number of rotatable bonds is 5. The van der Waals surface area contributed by atoms with E-state index in [1.165, 1.54) is 12.0 Å². The van der Waals surface area contributed by atoms with Gasteiger partial charge in [-0.05, 0) is 6.92 Å².